The Bertz CT molecular complexity index is 607. The summed E-state index contributed by atoms with van der Waals surface area (Å²) in [5.41, 5.74) is 0.991. The van der Waals surface area contributed by atoms with E-state index in [1.165, 1.54) is 11.3 Å². The van der Waals surface area contributed by atoms with E-state index >= 15 is 0 Å². The summed E-state index contributed by atoms with van der Waals surface area (Å²) >= 11 is 4.78. The second kappa shape index (κ2) is 5.99. The average Bonchev–Trinajstić information content (AvgIpc) is 3.10. The third kappa shape index (κ3) is 3.05. The lowest BCUT2D eigenvalue weighted by atomic mass is 10.2. The van der Waals surface area contributed by atoms with Crippen molar-refractivity contribution >= 4 is 38.3 Å². The van der Waals surface area contributed by atoms with Crippen molar-refractivity contribution in [3.63, 3.8) is 0 Å². The number of nitrogens with zero attached hydrogens (tertiary/aromatic N) is 2. The molecule has 0 radical (unpaired) electrons. The Hall–Kier alpha value is -1.31. The predicted octanol–water partition coefficient (Wildman–Crippen LogP) is 2.66. The second-order valence-electron chi connectivity index (χ2n) is 4.56. The number of rotatable bonds is 3. The number of carbonyl (C=O) groups is 1. The van der Waals surface area contributed by atoms with Crippen molar-refractivity contribution in [3.05, 3.63) is 28.7 Å². The Balaban J connectivity index is 1.70. The molecular weight excluding hydrogens is 340 g/mol. The van der Waals surface area contributed by atoms with Crippen LogP contribution in [0.3, 0.4) is 0 Å². The minimum absolute atomic E-state index is 0.0268. The molecule has 1 aromatic carbocycles. The van der Waals surface area contributed by atoms with Gasteiger partial charge in [0, 0.05) is 10.0 Å². The molecule has 5 nitrogen and oxygen atoms in total. The van der Waals surface area contributed by atoms with Gasteiger partial charge in [-0.1, -0.05) is 39.4 Å². The fraction of sp³-hybridized carbons (Fsp3) is 0.308. The number of hydrogen-bond donors (Lipinski definition) is 2. The van der Waals surface area contributed by atoms with Gasteiger partial charge in [-0.3, -0.25) is 10.1 Å². The standard InChI is InChI=1S/C13H13BrN4OS/c14-9-5-3-8(4-6-9)12-17-18-13(20-12)16-11(19)10-2-1-7-15-10/h3-6,10,15H,1-2,7H2,(H,16,18,19)/t10-/m1/s1. The quantitative estimate of drug-likeness (QED) is 0.890. The van der Waals surface area contributed by atoms with Crippen LogP contribution in [0, 0.1) is 0 Å². The number of anilines is 1. The molecule has 7 heteroatoms. The third-order valence-corrected chi connectivity index (χ3v) is 4.54. The first kappa shape index (κ1) is 13.7. The van der Waals surface area contributed by atoms with Gasteiger partial charge in [0.2, 0.25) is 11.0 Å². The van der Waals surface area contributed by atoms with E-state index in [-0.39, 0.29) is 11.9 Å². The number of halogens is 1. The molecule has 1 aliphatic heterocycles. The largest absolute Gasteiger partial charge is 0.306 e. The molecule has 2 N–H and O–H groups in total. The monoisotopic (exact) mass is 352 g/mol. The molecule has 0 saturated carbocycles. The van der Waals surface area contributed by atoms with Crippen LogP contribution < -0.4 is 10.6 Å². The number of amides is 1. The number of nitrogens with one attached hydrogen (secondary N) is 2. The van der Waals surface area contributed by atoms with Crippen LogP contribution in [0.25, 0.3) is 10.6 Å². The first-order valence-electron chi connectivity index (χ1n) is 6.36. The third-order valence-electron chi connectivity index (χ3n) is 3.12. The van der Waals surface area contributed by atoms with Gasteiger partial charge in [0.15, 0.2) is 0 Å². The maximum Gasteiger partial charge on any atom is 0.243 e. The van der Waals surface area contributed by atoms with E-state index in [4.69, 9.17) is 0 Å². The maximum atomic E-state index is 12.0. The zero-order valence-electron chi connectivity index (χ0n) is 10.6. The Morgan fingerprint density at radius 3 is 2.85 bits per heavy atom. The zero-order valence-corrected chi connectivity index (χ0v) is 13.0. The molecule has 1 saturated heterocycles. The molecule has 3 rings (SSSR count). The highest BCUT2D eigenvalue weighted by molar-refractivity contribution is 9.10. The Kier molecular flexibility index (Phi) is 4.09. The first-order chi connectivity index (χ1) is 9.72. The molecule has 0 unspecified atom stereocenters. The smallest absolute Gasteiger partial charge is 0.243 e. The molecule has 2 aromatic rings. The van der Waals surface area contributed by atoms with Gasteiger partial charge in [0.1, 0.15) is 5.01 Å². The van der Waals surface area contributed by atoms with Crippen molar-refractivity contribution in [2.45, 2.75) is 18.9 Å². The Morgan fingerprint density at radius 2 is 2.15 bits per heavy atom. The predicted molar refractivity (Wildman–Crippen MR) is 82.7 cm³/mol. The highest BCUT2D eigenvalue weighted by Gasteiger charge is 2.22. The molecule has 0 bridgehead atoms. The van der Waals surface area contributed by atoms with Crippen LogP contribution in [0.15, 0.2) is 28.7 Å². The van der Waals surface area contributed by atoms with Gasteiger partial charge in [0.05, 0.1) is 6.04 Å². The summed E-state index contributed by atoms with van der Waals surface area (Å²) in [5.74, 6) is -0.0268. The topological polar surface area (TPSA) is 66.9 Å². The van der Waals surface area contributed by atoms with E-state index in [1.54, 1.807) is 0 Å². The number of aromatic nitrogens is 2. The normalized spacial score (nSPS) is 18.1. The number of benzene rings is 1. The minimum atomic E-state index is -0.102. The molecule has 1 aromatic heterocycles. The summed E-state index contributed by atoms with van der Waals surface area (Å²) in [4.78, 5) is 12.0. The van der Waals surface area contributed by atoms with Gasteiger partial charge in [-0.2, -0.15) is 0 Å². The minimum Gasteiger partial charge on any atom is -0.306 e. The van der Waals surface area contributed by atoms with Gasteiger partial charge < -0.3 is 5.32 Å². The summed E-state index contributed by atoms with van der Waals surface area (Å²) < 4.78 is 1.02. The van der Waals surface area contributed by atoms with Crippen molar-refractivity contribution < 1.29 is 4.79 Å². The molecular formula is C13H13BrN4OS. The van der Waals surface area contributed by atoms with Gasteiger partial charge in [0.25, 0.3) is 0 Å². The molecule has 1 aliphatic rings. The van der Waals surface area contributed by atoms with Crippen LogP contribution in [-0.2, 0) is 4.79 Å². The SMILES string of the molecule is O=C(Nc1nnc(-c2ccc(Br)cc2)s1)[C@H]1CCCN1. The molecule has 1 fully saturated rings. The molecule has 104 valence electrons. The summed E-state index contributed by atoms with van der Waals surface area (Å²) in [6.45, 7) is 0.901. The van der Waals surface area contributed by atoms with Crippen LogP contribution in [0.4, 0.5) is 5.13 Å². The van der Waals surface area contributed by atoms with Crippen LogP contribution in [0.2, 0.25) is 0 Å². The molecule has 0 aliphatic carbocycles. The van der Waals surface area contributed by atoms with E-state index in [0.29, 0.717) is 5.13 Å². The fourth-order valence-electron chi connectivity index (χ4n) is 2.08. The molecule has 1 atom stereocenters. The lowest BCUT2D eigenvalue weighted by molar-refractivity contribution is -0.117. The second-order valence-corrected chi connectivity index (χ2v) is 6.45. The molecule has 20 heavy (non-hydrogen) atoms. The van der Waals surface area contributed by atoms with Crippen LogP contribution in [0.5, 0.6) is 0 Å². The van der Waals surface area contributed by atoms with E-state index < -0.39 is 0 Å². The highest BCUT2D eigenvalue weighted by atomic mass is 79.9. The molecule has 0 spiro atoms. The molecule has 1 amide bonds. The van der Waals surface area contributed by atoms with E-state index in [1.807, 2.05) is 24.3 Å². The average molecular weight is 353 g/mol. The van der Waals surface area contributed by atoms with Crippen LogP contribution in [0.1, 0.15) is 12.8 Å². The van der Waals surface area contributed by atoms with Crippen LogP contribution in [-0.4, -0.2) is 28.7 Å². The summed E-state index contributed by atoms with van der Waals surface area (Å²) in [7, 11) is 0. The van der Waals surface area contributed by atoms with Crippen molar-refractivity contribution in [3.8, 4) is 10.6 Å². The van der Waals surface area contributed by atoms with Crippen molar-refractivity contribution in [1.82, 2.24) is 15.5 Å². The lowest BCUT2D eigenvalue weighted by Gasteiger charge is -2.07. The Morgan fingerprint density at radius 1 is 1.35 bits per heavy atom. The lowest BCUT2D eigenvalue weighted by Crippen LogP contribution is -2.35. The van der Waals surface area contributed by atoms with Gasteiger partial charge in [-0.15, -0.1) is 10.2 Å². The zero-order chi connectivity index (χ0) is 13.9. The molecule has 2 heterocycles. The van der Waals surface area contributed by atoms with E-state index in [9.17, 15) is 4.79 Å². The first-order valence-corrected chi connectivity index (χ1v) is 7.97. The maximum absolute atomic E-state index is 12.0. The fourth-order valence-corrected chi connectivity index (χ4v) is 3.10. The van der Waals surface area contributed by atoms with Crippen molar-refractivity contribution in [2.24, 2.45) is 0 Å². The van der Waals surface area contributed by atoms with Gasteiger partial charge in [-0.25, -0.2) is 0 Å². The van der Waals surface area contributed by atoms with Gasteiger partial charge in [-0.05, 0) is 31.5 Å². The van der Waals surface area contributed by atoms with E-state index in [2.05, 4.69) is 36.8 Å². The number of carbonyl (C=O) groups excluding carboxylic acids is 1. The van der Waals surface area contributed by atoms with E-state index in [0.717, 1.165) is 34.4 Å². The van der Waals surface area contributed by atoms with Crippen molar-refractivity contribution in [1.29, 1.82) is 0 Å². The number of hydrogen-bond acceptors (Lipinski definition) is 5. The van der Waals surface area contributed by atoms with Crippen LogP contribution >= 0.6 is 27.3 Å². The summed E-state index contributed by atoms with van der Waals surface area (Å²) in [5, 5.41) is 15.5. The van der Waals surface area contributed by atoms with Gasteiger partial charge >= 0.3 is 0 Å². The highest BCUT2D eigenvalue weighted by Crippen LogP contribution is 2.27. The summed E-state index contributed by atoms with van der Waals surface area (Å²) in [6, 6.07) is 7.74. The Labute approximate surface area is 128 Å². The summed E-state index contributed by atoms with van der Waals surface area (Å²) in [6.07, 6.45) is 1.92. The van der Waals surface area contributed by atoms with Crippen molar-refractivity contribution in [2.75, 3.05) is 11.9 Å².